The highest BCUT2D eigenvalue weighted by Gasteiger charge is 2.17. The number of hydrogen-bond donors (Lipinski definition) is 0. The molecule has 1 amide bonds. The molecule has 0 N–H and O–H groups in total. The zero-order valence-corrected chi connectivity index (χ0v) is 11.6. The Morgan fingerprint density at radius 3 is 1.88 bits per heavy atom. The lowest BCUT2D eigenvalue weighted by molar-refractivity contribution is 0.0771. The maximum Gasteiger partial charge on any atom is 0.254 e. The van der Waals surface area contributed by atoms with E-state index in [1.807, 2.05) is 32.6 Å². The number of nitrogens with zero attached hydrogens (tertiary/aromatic N) is 1. The molecule has 0 unspecified atom stereocenters. The first-order valence-electron chi connectivity index (χ1n) is 6.44. The van der Waals surface area contributed by atoms with Crippen LogP contribution in [0.25, 0.3) is 0 Å². The lowest BCUT2D eigenvalue weighted by atomic mass is 9.97. The average molecular weight is 233 g/mol. The predicted molar refractivity (Wildman–Crippen MR) is 72.5 cm³/mol. The van der Waals surface area contributed by atoms with E-state index in [1.165, 1.54) is 5.56 Å². The lowest BCUT2D eigenvalue weighted by Gasteiger charge is -2.21. The molecule has 2 nitrogen and oxygen atoms in total. The standard InChI is InChI=1S/C15H23NO/c1-6-13-9-11(4)14(12(5)10-13)15(17)16(7-2)8-3/h9-10H,6-8H2,1-5H3. The number of aryl methyl sites for hydroxylation is 3. The SMILES string of the molecule is CCc1cc(C)c(C(=O)N(CC)CC)c(C)c1. The molecular weight excluding hydrogens is 210 g/mol. The van der Waals surface area contributed by atoms with Crippen molar-refractivity contribution >= 4 is 5.91 Å². The van der Waals surface area contributed by atoms with Gasteiger partial charge >= 0.3 is 0 Å². The molecule has 1 aromatic rings. The highest BCUT2D eigenvalue weighted by atomic mass is 16.2. The van der Waals surface area contributed by atoms with E-state index in [1.54, 1.807) is 0 Å². The predicted octanol–water partition coefficient (Wildman–Crippen LogP) is 3.35. The molecule has 1 aromatic carbocycles. The fourth-order valence-electron chi connectivity index (χ4n) is 2.26. The number of benzene rings is 1. The summed E-state index contributed by atoms with van der Waals surface area (Å²) in [6.07, 6.45) is 1.02. The molecule has 0 bridgehead atoms. The summed E-state index contributed by atoms with van der Waals surface area (Å²) in [7, 11) is 0. The monoisotopic (exact) mass is 233 g/mol. The molecule has 0 aliphatic rings. The van der Waals surface area contributed by atoms with Gasteiger partial charge in [0.2, 0.25) is 0 Å². The van der Waals surface area contributed by atoms with Gasteiger partial charge in [0.05, 0.1) is 0 Å². The van der Waals surface area contributed by atoms with Gasteiger partial charge in [-0.1, -0.05) is 19.1 Å². The van der Waals surface area contributed by atoms with E-state index >= 15 is 0 Å². The summed E-state index contributed by atoms with van der Waals surface area (Å²) < 4.78 is 0. The van der Waals surface area contributed by atoms with Crippen molar-refractivity contribution in [3.8, 4) is 0 Å². The summed E-state index contributed by atoms with van der Waals surface area (Å²) in [6, 6.07) is 4.26. The number of carbonyl (C=O) groups is 1. The zero-order valence-electron chi connectivity index (χ0n) is 11.6. The fourth-order valence-corrected chi connectivity index (χ4v) is 2.26. The van der Waals surface area contributed by atoms with Crippen LogP contribution in [-0.2, 0) is 6.42 Å². The first kappa shape index (κ1) is 13.8. The van der Waals surface area contributed by atoms with E-state index < -0.39 is 0 Å². The highest BCUT2D eigenvalue weighted by Crippen LogP contribution is 2.19. The number of rotatable bonds is 4. The van der Waals surface area contributed by atoms with E-state index in [-0.39, 0.29) is 5.91 Å². The van der Waals surface area contributed by atoms with Crippen LogP contribution >= 0.6 is 0 Å². The van der Waals surface area contributed by atoms with Crippen LogP contribution in [0.1, 0.15) is 47.8 Å². The smallest absolute Gasteiger partial charge is 0.254 e. The van der Waals surface area contributed by atoms with Gasteiger partial charge in [-0.25, -0.2) is 0 Å². The van der Waals surface area contributed by atoms with Gasteiger partial charge in [-0.2, -0.15) is 0 Å². The van der Waals surface area contributed by atoms with Gasteiger partial charge in [0, 0.05) is 18.7 Å². The minimum Gasteiger partial charge on any atom is -0.339 e. The lowest BCUT2D eigenvalue weighted by Crippen LogP contribution is -2.31. The maximum absolute atomic E-state index is 12.4. The van der Waals surface area contributed by atoms with Crippen LogP contribution in [0.5, 0.6) is 0 Å². The summed E-state index contributed by atoms with van der Waals surface area (Å²) in [5.74, 6) is 0.160. The maximum atomic E-state index is 12.4. The van der Waals surface area contributed by atoms with Crippen LogP contribution in [0.2, 0.25) is 0 Å². The Kier molecular flexibility index (Phi) is 4.73. The molecule has 0 radical (unpaired) electrons. The number of hydrogen-bond acceptors (Lipinski definition) is 1. The largest absolute Gasteiger partial charge is 0.339 e. The van der Waals surface area contributed by atoms with E-state index in [4.69, 9.17) is 0 Å². The third-order valence-electron chi connectivity index (χ3n) is 3.27. The number of amides is 1. The topological polar surface area (TPSA) is 20.3 Å². The van der Waals surface area contributed by atoms with Crippen molar-refractivity contribution in [2.24, 2.45) is 0 Å². The molecule has 0 atom stereocenters. The molecule has 0 spiro atoms. The van der Waals surface area contributed by atoms with Gasteiger partial charge in [0.25, 0.3) is 5.91 Å². The Hall–Kier alpha value is -1.31. The molecule has 0 aliphatic carbocycles. The Bertz CT molecular complexity index is 382. The molecule has 0 fully saturated rings. The molecule has 1 rings (SSSR count). The Morgan fingerprint density at radius 2 is 1.53 bits per heavy atom. The minimum absolute atomic E-state index is 0.160. The molecule has 0 saturated heterocycles. The highest BCUT2D eigenvalue weighted by molar-refractivity contribution is 5.97. The van der Waals surface area contributed by atoms with E-state index in [9.17, 15) is 4.79 Å². The van der Waals surface area contributed by atoms with Gasteiger partial charge < -0.3 is 4.90 Å². The van der Waals surface area contributed by atoms with Crippen molar-refractivity contribution < 1.29 is 4.79 Å². The summed E-state index contributed by atoms with van der Waals surface area (Å²) in [6.45, 7) is 11.8. The molecular formula is C15H23NO. The van der Waals surface area contributed by atoms with Crippen molar-refractivity contribution in [1.82, 2.24) is 4.90 Å². The fraction of sp³-hybridized carbons (Fsp3) is 0.533. The van der Waals surface area contributed by atoms with Crippen molar-refractivity contribution in [2.75, 3.05) is 13.1 Å². The molecule has 0 aromatic heterocycles. The van der Waals surface area contributed by atoms with Gasteiger partial charge in [-0.15, -0.1) is 0 Å². The summed E-state index contributed by atoms with van der Waals surface area (Å²) >= 11 is 0. The van der Waals surface area contributed by atoms with Crippen LogP contribution in [0.3, 0.4) is 0 Å². The van der Waals surface area contributed by atoms with Crippen LogP contribution in [0.15, 0.2) is 12.1 Å². The summed E-state index contributed by atoms with van der Waals surface area (Å²) in [5.41, 5.74) is 4.37. The second-order valence-corrected chi connectivity index (χ2v) is 4.44. The third kappa shape index (κ3) is 2.87. The Morgan fingerprint density at radius 1 is 1.06 bits per heavy atom. The van der Waals surface area contributed by atoms with Crippen molar-refractivity contribution in [1.29, 1.82) is 0 Å². The van der Waals surface area contributed by atoms with Gasteiger partial charge in [-0.05, 0) is 50.8 Å². The molecule has 0 aliphatic heterocycles. The first-order valence-corrected chi connectivity index (χ1v) is 6.44. The Labute approximate surface area is 105 Å². The first-order chi connectivity index (χ1) is 8.04. The van der Waals surface area contributed by atoms with Crippen LogP contribution in [-0.4, -0.2) is 23.9 Å². The van der Waals surface area contributed by atoms with Gasteiger partial charge in [-0.3, -0.25) is 4.79 Å². The molecule has 2 heteroatoms. The van der Waals surface area contributed by atoms with E-state index in [0.717, 1.165) is 36.2 Å². The Balaban J connectivity index is 3.18. The summed E-state index contributed by atoms with van der Waals surface area (Å²) in [4.78, 5) is 14.3. The quantitative estimate of drug-likeness (QED) is 0.781. The molecule has 94 valence electrons. The van der Waals surface area contributed by atoms with Crippen LogP contribution < -0.4 is 0 Å². The van der Waals surface area contributed by atoms with E-state index in [0.29, 0.717) is 0 Å². The normalized spacial score (nSPS) is 10.4. The van der Waals surface area contributed by atoms with Crippen LogP contribution in [0.4, 0.5) is 0 Å². The third-order valence-corrected chi connectivity index (χ3v) is 3.27. The number of carbonyl (C=O) groups excluding carboxylic acids is 1. The minimum atomic E-state index is 0.160. The van der Waals surface area contributed by atoms with Crippen molar-refractivity contribution in [2.45, 2.75) is 41.0 Å². The molecule has 17 heavy (non-hydrogen) atoms. The van der Waals surface area contributed by atoms with Gasteiger partial charge in [0.15, 0.2) is 0 Å². The average Bonchev–Trinajstić information content (AvgIpc) is 2.29. The second kappa shape index (κ2) is 5.85. The summed E-state index contributed by atoms with van der Waals surface area (Å²) in [5, 5.41) is 0. The molecule has 0 saturated carbocycles. The van der Waals surface area contributed by atoms with E-state index in [2.05, 4.69) is 19.1 Å². The van der Waals surface area contributed by atoms with Crippen molar-refractivity contribution in [3.63, 3.8) is 0 Å². The van der Waals surface area contributed by atoms with Crippen molar-refractivity contribution in [3.05, 3.63) is 34.4 Å². The zero-order chi connectivity index (χ0) is 13.0. The van der Waals surface area contributed by atoms with Gasteiger partial charge in [0.1, 0.15) is 0 Å². The molecule has 0 heterocycles. The second-order valence-electron chi connectivity index (χ2n) is 4.44. The van der Waals surface area contributed by atoms with Crippen LogP contribution in [0, 0.1) is 13.8 Å².